The summed E-state index contributed by atoms with van der Waals surface area (Å²) in [6, 6.07) is 3.58. The van der Waals surface area contributed by atoms with E-state index in [9.17, 15) is 4.79 Å². The maximum Gasteiger partial charge on any atom is 0.343 e. The number of thioether (sulfide) groups is 1. The van der Waals surface area contributed by atoms with E-state index in [0.29, 0.717) is 16.7 Å². The second-order valence-corrected chi connectivity index (χ2v) is 5.97. The van der Waals surface area contributed by atoms with Gasteiger partial charge >= 0.3 is 5.97 Å². The lowest BCUT2D eigenvalue weighted by Crippen LogP contribution is -2.38. The third-order valence-corrected chi connectivity index (χ3v) is 4.73. The summed E-state index contributed by atoms with van der Waals surface area (Å²) in [5, 5.41) is 0.636. The van der Waals surface area contributed by atoms with E-state index in [-0.39, 0.29) is 0 Å². The van der Waals surface area contributed by atoms with Gasteiger partial charge in [0, 0.05) is 24.1 Å². The lowest BCUT2D eigenvalue weighted by Gasteiger charge is -2.33. The van der Waals surface area contributed by atoms with E-state index in [0.717, 1.165) is 31.1 Å². The predicted octanol–water partition coefficient (Wildman–Crippen LogP) is 2.21. The number of anilines is 1. The van der Waals surface area contributed by atoms with Crippen LogP contribution >= 0.6 is 11.8 Å². The van der Waals surface area contributed by atoms with Crippen LogP contribution in [0.15, 0.2) is 12.1 Å². The highest BCUT2D eigenvalue weighted by molar-refractivity contribution is 8.00. The van der Waals surface area contributed by atoms with Crippen molar-refractivity contribution in [1.82, 2.24) is 4.98 Å². The molecule has 1 aliphatic heterocycles. The topological polar surface area (TPSA) is 51.7 Å². The number of rotatable bonds is 4. The van der Waals surface area contributed by atoms with E-state index >= 15 is 0 Å². The molecular formula is C14H20N2O3S. The van der Waals surface area contributed by atoms with Crippen molar-refractivity contribution >= 4 is 23.5 Å². The molecule has 1 atom stereocenters. The number of aromatic nitrogens is 1. The lowest BCUT2D eigenvalue weighted by molar-refractivity contribution is 0.0596. The Morgan fingerprint density at radius 2 is 2.30 bits per heavy atom. The van der Waals surface area contributed by atoms with Gasteiger partial charge in [-0.2, -0.15) is 16.7 Å². The van der Waals surface area contributed by atoms with Crippen LogP contribution in [-0.4, -0.2) is 49.3 Å². The largest absolute Gasteiger partial charge is 0.480 e. The van der Waals surface area contributed by atoms with Gasteiger partial charge in [0.2, 0.25) is 5.88 Å². The molecule has 0 amide bonds. The normalized spacial score (nSPS) is 18.8. The second kappa shape index (κ2) is 6.83. The second-order valence-electron chi connectivity index (χ2n) is 4.56. The van der Waals surface area contributed by atoms with Crippen molar-refractivity contribution in [3.8, 4) is 5.88 Å². The molecule has 0 aromatic carbocycles. The summed E-state index contributed by atoms with van der Waals surface area (Å²) in [6.07, 6.45) is 1.15. The molecule has 5 nitrogen and oxygen atoms in total. The highest BCUT2D eigenvalue weighted by Crippen LogP contribution is 2.27. The van der Waals surface area contributed by atoms with Crippen molar-refractivity contribution < 1.29 is 14.3 Å². The van der Waals surface area contributed by atoms with Crippen molar-refractivity contribution in [2.45, 2.75) is 18.6 Å². The van der Waals surface area contributed by atoms with Gasteiger partial charge in [-0.1, -0.05) is 6.92 Å². The van der Waals surface area contributed by atoms with Crippen LogP contribution in [0.1, 0.15) is 23.7 Å². The molecule has 20 heavy (non-hydrogen) atoms. The molecule has 0 spiro atoms. The summed E-state index contributed by atoms with van der Waals surface area (Å²) in [6.45, 7) is 4.15. The first kappa shape index (κ1) is 15.0. The van der Waals surface area contributed by atoms with Gasteiger partial charge in [-0.15, -0.1) is 0 Å². The van der Waals surface area contributed by atoms with Gasteiger partial charge in [0.1, 0.15) is 11.4 Å². The van der Waals surface area contributed by atoms with Crippen LogP contribution < -0.4 is 9.64 Å². The SMILES string of the molecule is CCC1CN(c2ccc(C(=O)OC)c(OC)n2)CCS1. The molecule has 110 valence electrons. The molecule has 1 unspecified atom stereocenters. The zero-order valence-corrected chi connectivity index (χ0v) is 12.9. The Hall–Kier alpha value is -1.43. The molecule has 6 heteroatoms. The average molecular weight is 296 g/mol. The highest BCUT2D eigenvalue weighted by atomic mass is 32.2. The van der Waals surface area contributed by atoms with Crippen molar-refractivity contribution in [1.29, 1.82) is 0 Å². The van der Waals surface area contributed by atoms with Crippen LogP contribution in [0.4, 0.5) is 5.82 Å². The average Bonchev–Trinajstić information content (AvgIpc) is 2.53. The van der Waals surface area contributed by atoms with Crippen molar-refractivity contribution in [2.24, 2.45) is 0 Å². The molecule has 1 fully saturated rings. The minimum absolute atomic E-state index is 0.320. The third kappa shape index (κ3) is 3.17. The van der Waals surface area contributed by atoms with Crippen LogP contribution in [0.2, 0.25) is 0 Å². The number of pyridine rings is 1. The summed E-state index contributed by atoms with van der Waals surface area (Å²) in [5.41, 5.74) is 0.358. The van der Waals surface area contributed by atoms with Gasteiger partial charge < -0.3 is 14.4 Å². The van der Waals surface area contributed by atoms with Crippen LogP contribution in [0, 0.1) is 0 Å². The number of hydrogen-bond acceptors (Lipinski definition) is 6. The van der Waals surface area contributed by atoms with E-state index in [1.54, 1.807) is 6.07 Å². The number of ether oxygens (including phenoxy) is 2. The summed E-state index contributed by atoms with van der Waals surface area (Å²) in [4.78, 5) is 18.3. The summed E-state index contributed by atoms with van der Waals surface area (Å²) in [5.74, 6) is 1.84. The molecule has 1 aliphatic rings. The zero-order chi connectivity index (χ0) is 14.5. The van der Waals surface area contributed by atoms with Gasteiger partial charge in [0.25, 0.3) is 0 Å². The van der Waals surface area contributed by atoms with Crippen LogP contribution in [-0.2, 0) is 4.74 Å². The Bertz CT molecular complexity index is 481. The Balaban J connectivity index is 2.22. The molecule has 0 saturated carbocycles. The maximum atomic E-state index is 11.6. The maximum absolute atomic E-state index is 11.6. The van der Waals surface area contributed by atoms with Crippen molar-refractivity contribution in [2.75, 3.05) is 38.0 Å². The van der Waals surface area contributed by atoms with Crippen molar-refractivity contribution in [3.05, 3.63) is 17.7 Å². The summed E-state index contributed by atoms with van der Waals surface area (Å²) in [7, 11) is 2.86. The summed E-state index contributed by atoms with van der Waals surface area (Å²) < 4.78 is 9.93. The fourth-order valence-electron chi connectivity index (χ4n) is 2.20. The first-order valence-corrected chi connectivity index (χ1v) is 7.74. The van der Waals surface area contributed by atoms with Crippen LogP contribution in [0.5, 0.6) is 5.88 Å². The van der Waals surface area contributed by atoms with Gasteiger partial charge in [-0.3, -0.25) is 0 Å². The number of carbonyl (C=O) groups is 1. The number of esters is 1. The third-order valence-electron chi connectivity index (χ3n) is 3.36. The monoisotopic (exact) mass is 296 g/mol. The standard InChI is InChI=1S/C14H20N2O3S/c1-4-10-9-16(7-8-20-10)12-6-5-11(14(17)19-3)13(15-12)18-2/h5-6,10H,4,7-9H2,1-3H3. The van der Waals surface area contributed by atoms with E-state index in [4.69, 9.17) is 9.47 Å². The number of carbonyl (C=O) groups excluding carboxylic acids is 1. The van der Waals surface area contributed by atoms with E-state index in [1.807, 2.05) is 17.8 Å². The number of nitrogens with zero attached hydrogens (tertiary/aromatic N) is 2. The molecule has 1 aromatic heterocycles. The zero-order valence-electron chi connectivity index (χ0n) is 12.1. The lowest BCUT2D eigenvalue weighted by atomic mass is 10.2. The van der Waals surface area contributed by atoms with Crippen LogP contribution in [0.3, 0.4) is 0 Å². The molecule has 1 aromatic rings. The molecule has 0 N–H and O–H groups in total. The Morgan fingerprint density at radius 3 is 2.95 bits per heavy atom. The minimum atomic E-state index is -0.429. The molecule has 1 saturated heterocycles. The smallest absolute Gasteiger partial charge is 0.343 e. The first-order chi connectivity index (χ1) is 9.69. The molecular weight excluding hydrogens is 276 g/mol. The van der Waals surface area contributed by atoms with Crippen LogP contribution in [0.25, 0.3) is 0 Å². The molecule has 2 heterocycles. The Labute approximate surface area is 123 Å². The highest BCUT2D eigenvalue weighted by Gasteiger charge is 2.22. The van der Waals surface area contributed by atoms with Gasteiger partial charge in [-0.25, -0.2) is 4.79 Å². The van der Waals surface area contributed by atoms with Gasteiger partial charge in [0.15, 0.2) is 0 Å². The first-order valence-electron chi connectivity index (χ1n) is 6.69. The fraction of sp³-hybridized carbons (Fsp3) is 0.571. The number of hydrogen-bond donors (Lipinski definition) is 0. The minimum Gasteiger partial charge on any atom is -0.480 e. The van der Waals surface area contributed by atoms with Gasteiger partial charge in [-0.05, 0) is 18.6 Å². The summed E-state index contributed by atoms with van der Waals surface area (Å²) >= 11 is 2.01. The molecule has 0 aliphatic carbocycles. The molecule has 0 bridgehead atoms. The van der Waals surface area contributed by atoms with E-state index in [2.05, 4.69) is 16.8 Å². The Kier molecular flexibility index (Phi) is 5.11. The molecule has 2 rings (SSSR count). The predicted molar refractivity (Wildman–Crippen MR) is 80.9 cm³/mol. The Morgan fingerprint density at radius 1 is 1.50 bits per heavy atom. The van der Waals surface area contributed by atoms with Crippen molar-refractivity contribution in [3.63, 3.8) is 0 Å². The van der Waals surface area contributed by atoms with Gasteiger partial charge in [0.05, 0.1) is 14.2 Å². The fourth-order valence-corrected chi connectivity index (χ4v) is 3.38. The van der Waals surface area contributed by atoms with E-state index in [1.165, 1.54) is 14.2 Å². The molecule has 0 radical (unpaired) electrons. The number of methoxy groups -OCH3 is 2. The quantitative estimate of drug-likeness (QED) is 0.794. The van der Waals surface area contributed by atoms with E-state index < -0.39 is 5.97 Å².